The van der Waals surface area contributed by atoms with Gasteiger partial charge in [-0.25, -0.2) is 4.98 Å². The minimum atomic E-state index is -1.05. The number of para-hydroxylation sites is 1. The number of benzene rings is 3. The summed E-state index contributed by atoms with van der Waals surface area (Å²) in [5, 5.41) is 2.90. The van der Waals surface area contributed by atoms with Crippen molar-refractivity contribution >= 4 is 22.7 Å². The van der Waals surface area contributed by atoms with Gasteiger partial charge in [0.15, 0.2) is 11.2 Å². The van der Waals surface area contributed by atoms with Gasteiger partial charge in [0, 0.05) is 11.3 Å². The lowest BCUT2D eigenvalue weighted by molar-refractivity contribution is -0.128. The number of rotatable bonds is 7. The van der Waals surface area contributed by atoms with Crippen LogP contribution < -0.4 is 14.8 Å². The second kappa shape index (κ2) is 8.52. The van der Waals surface area contributed by atoms with Gasteiger partial charge in [-0.15, -0.1) is 0 Å². The molecule has 0 spiro atoms. The molecule has 0 radical (unpaired) electrons. The molecule has 4 rings (SSSR count). The van der Waals surface area contributed by atoms with Crippen LogP contribution in [0.3, 0.4) is 0 Å². The number of aromatic nitrogens is 1. The maximum atomic E-state index is 12.8. The number of carbonyl (C=O) groups excluding carboxylic acids is 1. The van der Waals surface area contributed by atoms with Crippen molar-refractivity contribution in [3.8, 4) is 23.0 Å². The molecule has 0 fully saturated rings. The summed E-state index contributed by atoms with van der Waals surface area (Å²) < 4.78 is 17.2. The van der Waals surface area contributed by atoms with Crippen molar-refractivity contribution in [2.45, 2.75) is 26.4 Å². The molecular weight excluding hydrogens is 392 g/mol. The van der Waals surface area contributed by atoms with Gasteiger partial charge in [-0.1, -0.05) is 18.2 Å². The van der Waals surface area contributed by atoms with Crippen LogP contribution in [0.4, 0.5) is 5.69 Å². The molecule has 6 heteroatoms. The Morgan fingerprint density at radius 3 is 2.45 bits per heavy atom. The summed E-state index contributed by atoms with van der Waals surface area (Å²) >= 11 is 0. The molecule has 31 heavy (non-hydrogen) atoms. The van der Waals surface area contributed by atoms with Gasteiger partial charge in [-0.3, -0.25) is 4.79 Å². The molecule has 1 N–H and O–H groups in total. The van der Waals surface area contributed by atoms with Crippen LogP contribution in [-0.2, 0) is 4.79 Å². The van der Waals surface area contributed by atoms with Crippen molar-refractivity contribution in [3.63, 3.8) is 0 Å². The molecular formula is C25H24N2O4. The van der Waals surface area contributed by atoms with Crippen molar-refractivity contribution < 1.29 is 18.7 Å². The molecule has 1 aromatic heterocycles. The zero-order chi connectivity index (χ0) is 21.8. The largest absolute Gasteiger partial charge is 0.494 e. The van der Waals surface area contributed by atoms with Crippen molar-refractivity contribution in [1.82, 2.24) is 4.98 Å². The van der Waals surface area contributed by atoms with E-state index in [2.05, 4.69) is 10.3 Å². The van der Waals surface area contributed by atoms with Crippen molar-refractivity contribution in [1.29, 1.82) is 0 Å². The first-order valence-corrected chi connectivity index (χ1v) is 10.1. The van der Waals surface area contributed by atoms with Gasteiger partial charge in [0.2, 0.25) is 5.89 Å². The second-order valence-electron chi connectivity index (χ2n) is 7.54. The summed E-state index contributed by atoms with van der Waals surface area (Å²) in [7, 11) is 0. The Morgan fingerprint density at radius 2 is 1.74 bits per heavy atom. The standard InChI is InChI=1S/C25H24N2O4/c1-4-29-19-13-10-17(11-14-19)23-27-21-16-18(12-15-22(21)30-23)26-24(28)25(2,3)31-20-8-6-5-7-9-20/h5-16H,4H2,1-3H3,(H,26,28). The molecule has 0 aliphatic heterocycles. The van der Waals surface area contributed by atoms with E-state index in [1.807, 2.05) is 61.5 Å². The van der Waals surface area contributed by atoms with E-state index in [1.54, 1.807) is 32.0 Å². The molecule has 4 aromatic rings. The van der Waals surface area contributed by atoms with E-state index in [0.29, 0.717) is 35.0 Å². The van der Waals surface area contributed by atoms with E-state index in [1.165, 1.54) is 0 Å². The van der Waals surface area contributed by atoms with Crippen molar-refractivity contribution in [3.05, 3.63) is 72.8 Å². The molecule has 1 heterocycles. The van der Waals surface area contributed by atoms with Gasteiger partial charge in [0.25, 0.3) is 5.91 Å². The Kier molecular flexibility index (Phi) is 5.62. The molecule has 1 amide bonds. The van der Waals surface area contributed by atoms with E-state index in [4.69, 9.17) is 13.9 Å². The predicted molar refractivity (Wildman–Crippen MR) is 120 cm³/mol. The molecule has 0 bridgehead atoms. The topological polar surface area (TPSA) is 73.6 Å². The van der Waals surface area contributed by atoms with Gasteiger partial charge in [0.05, 0.1) is 6.61 Å². The van der Waals surface area contributed by atoms with Gasteiger partial charge >= 0.3 is 0 Å². The first kappa shape index (κ1) is 20.5. The molecule has 0 saturated heterocycles. The summed E-state index contributed by atoms with van der Waals surface area (Å²) in [4.78, 5) is 17.4. The molecule has 0 aliphatic rings. The van der Waals surface area contributed by atoms with Crippen LogP contribution in [0.15, 0.2) is 77.2 Å². The van der Waals surface area contributed by atoms with Crippen LogP contribution in [-0.4, -0.2) is 23.1 Å². The van der Waals surface area contributed by atoms with Crippen molar-refractivity contribution in [2.75, 3.05) is 11.9 Å². The zero-order valence-electron chi connectivity index (χ0n) is 17.7. The van der Waals surface area contributed by atoms with Gasteiger partial charge in [-0.05, 0) is 75.4 Å². The summed E-state index contributed by atoms with van der Waals surface area (Å²) in [5.41, 5.74) is 1.72. The van der Waals surface area contributed by atoms with E-state index >= 15 is 0 Å². The molecule has 0 aliphatic carbocycles. The monoisotopic (exact) mass is 416 g/mol. The van der Waals surface area contributed by atoms with E-state index in [0.717, 1.165) is 11.3 Å². The molecule has 0 unspecified atom stereocenters. The second-order valence-corrected chi connectivity index (χ2v) is 7.54. The number of fused-ring (bicyclic) bond motifs is 1. The number of nitrogens with zero attached hydrogens (tertiary/aromatic N) is 1. The average Bonchev–Trinajstić information content (AvgIpc) is 3.18. The minimum absolute atomic E-state index is 0.258. The fraction of sp³-hybridized carbons (Fsp3) is 0.200. The number of oxazole rings is 1. The van der Waals surface area contributed by atoms with Gasteiger partial charge in [0.1, 0.15) is 17.0 Å². The van der Waals surface area contributed by atoms with Crippen LogP contribution in [0.5, 0.6) is 11.5 Å². The normalized spacial score (nSPS) is 11.3. The summed E-state index contributed by atoms with van der Waals surface area (Å²) in [5.74, 6) is 1.68. The lowest BCUT2D eigenvalue weighted by Crippen LogP contribution is -2.42. The SMILES string of the molecule is CCOc1ccc(-c2nc3cc(NC(=O)C(C)(C)Oc4ccccc4)ccc3o2)cc1. The number of nitrogens with one attached hydrogen (secondary N) is 1. The fourth-order valence-electron chi connectivity index (χ4n) is 3.10. The zero-order valence-corrected chi connectivity index (χ0v) is 17.7. The maximum absolute atomic E-state index is 12.8. The quantitative estimate of drug-likeness (QED) is 0.419. The van der Waals surface area contributed by atoms with Crippen LogP contribution in [0.25, 0.3) is 22.6 Å². The number of anilines is 1. The summed E-state index contributed by atoms with van der Waals surface area (Å²) in [6.45, 7) is 6.02. The number of amides is 1. The van der Waals surface area contributed by atoms with Crippen molar-refractivity contribution in [2.24, 2.45) is 0 Å². The highest BCUT2D eigenvalue weighted by Gasteiger charge is 2.30. The van der Waals surface area contributed by atoms with E-state index in [9.17, 15) is 4.79 Å². The third-order valence-corrected chi connectivity index (χ3v) is 4.72. The molecule has 0 atom stereocenters. The highest BCUT2D eigenvalue weighted by atomic mass is 16.5. The molecule has 3 aromatic carbocycles. The number of hydrogen-bond acceptors (Lipinski definition) is 5. The Hall–Kier alpha value is -3.80. The minimum Gasteiger partial charge on any atom is -0.494 e. The molecule has 6 nitrogen and oxygen atoms in total. The molecule has 0 saturated carbocycles. The van der Waals surface area contributed by atoms with E-state index < -0.39 is 5.60 Å². The van der Waals surface area contributed by atoms with Crippen LogP contribution >= 0.6 is 0 Å². The Bertz CT molecular complexity index is 1180. The molecule has 158 valence electrons. The Labute approximate surface area is 180 Å². The lowest BCUT2D eigenvalue weighted by atomic mass is 10.1. The van der Waals surface area contributed by atoms with Crippen LogP contribution in [0.1, 0.15) is 20.8 Å². The third kappa shape index (κ3) is 4.69. The number of hydrogen-bond donors (Lipinski definition) is 1. The van der Waals surface area contributed by atoms with Gasteiger partial charge in [-0.2, -0.15) is 0 Å². The lowest BCUT2D eigenvalue weighted by Gasteiger charge is -2.25. The summed E-state index contributed by atoms with van der Waals surface area (Å²) in [6.07, 6.45) is 0. The Balaban J connectivity index is 1.50. The third-order valence-electron chi connectivity index (χ3n) is 4.72. The van der Waals surface area contributed by atoms with Crippen LogP contribution in [0.2, 0.25) is 0 Å². The number of ether oxygens (including phenoxy) is 2. The summed E-state index contributed by atoms with van der Waals surface area (Å²) in [6, 6.07) is 22.2. The highest BCUT2D eigenvalue weighted by Crippen LogP contribution is 2.28. The maximum Gasteiger partial charge on any atom is 0.267 e. The van der Waals surface area contributed by atoms with E-state index in [-0.39, 0.29) is 5.91 Å². The smallest absolute Gasteiger partial charge is 0.267 e. The Morgan fingerprint density at radius 1 is 1.00 bits per heavy atom. The van der Waals surface area contributed by atoms with Crippen LogP contribution in [0, 0.1) is 0 Å². The predicted octanol–water partition coefficient (Wildman–Crippen LogP) is 5.69. The first-order valence-electron chi connectivity index (χ1n) is 10.1. The highest BCUT2D eigenvalue weighted by molar-refractivity contribution is 5.98. The van der Waals surface area contributed by atoms with Gasteiger partial charge < -0.3 is 19.2 Å². The average molecular weight is 416 g/mol. The number of carbonyl (C=O) groups is 1. The fourth-order valence-corrected chi connectivity index (χ4v) is 3.10. The first-order chi connectivity index (χ1) is 14.9.